The van der Waals surface area contributed by atoms with Gasteiger partial charge in [-0.3, -0.25) is 0 Å². The number of rotatable bonds is 7. The van der Waals surface area contributed by atoms with Crippen molar-refractivity contribution in [3.8, 4) is 0 Å². The van der Waals surface area contributed by atoms with Gasteiger partial charge in [0.1, 0.15) is 0 Å². The Morgan fingerprint density at radius 2 is 1.27 bits per heavy atom. The fraction of sp³-hybridized carbons (Fsp3) is 0.440. The molecular formula is C25H35BO3Si. The highest BCUT2D eigenvalue weighted by Crippen LogP contribution is 2.40. The van der Waals surface area contributed by atoms with Crippen LogP contribution in [-0.2, 0) is 13.7 Å². The van der Waals surface area contributed by atoms with Gasteiger partial charge in [0, 0.05) is 0 Å². The van der Waals surface area contributed by atoms with E-state index in [0.29, 0.717) is 0 Å². The number of hydrogen-bond donors (Lipinski definition) is 0. The Bertz CT molecular complexity index is 809. The lowest BCUT2D eigenvalue weighted by Gasteiger charge is -2.39. The Hall–Kier alpha value is -1.66. The fourth-order valence-electron chi connectivity index (χ4n) is 4.02. The molecule has 1 atom stereocenters. The maximum Gasteiger partial charge on any atom is 0.479 e. The highest BCUT2D eigenvalue weighted by atomic mass is 28.3. The third-order valence-corrected chi connectivity index (χ3v) is 10.3. The van der Waals surface area contributed by atoms with Gasteiger partial charge >= 0.3 is 6.71 Å². The molecule has 1 fully saturated rings. The maximum atomic E-state index is 7.19. The van der Waals surface area contributed by atoms with E-state index in [9.17, 15) is 0 Å². The molecule has 0 N–H and O–H groups in total. The largest absolute Gasteiger partial charge is 0.479 e. The van der Waals surface area contributed by atoms with Gasteiger partial charge in [-0.05, 0) is 50.9 Å². The molecule has 1 saturated heterocycles. The summed E-state index contributed by atoms with van der Waals surface area (Å²) in [4.78, 5) is 0. The van der Waals surface area contributed by atoms with Crippen LogP contribution in [0.3, 0.4) is 0 Å². The van der Waals surface area contributed by atoms with Gasteiger partial charge in [0.15, 0.2) is 0 Å². The van der Waals surface area contributed by atoms with Crippen LogP contribution in [0.25, 0.3) is 0 Å². The summed E-state index contributed by atoms with van der Waals surface area (Å²) in [5.41, 5.74) is 0.129. The zero-order chi connectivity index (χ0) is 22.2. The second-order valence-corrected chi connectivity index (χ2v) is 13.0. The van der Waals surface area contributed by atoms with Crippen molar-refractivity contribution in [2.45, 2.75) is 65.8 Å². The Morgan fingerprint density at radius 1 is 0.867 bits per heavy atom. The van der Waals surface area contributed by atoms with Crippen LogP contribution < -0.4 is 10.4 Å². The highest BCUT2D eigenvalue weighted by molar-refractivity contribution is 7.37. The van der Waals surface area contributed by atoms with Crippen molar-refractivity contribution in [1.82, 2.24) is 0 Å². The lowest BCUT2D eigenvalue weighted by atomic mass is 9.90. The quantitative estimate of drug-likeness (QED) is 0.485. The molecule has 3 nitrogen and oxygen atoms in total. The van der Waals surface area contributed by atoms with Crippen LogP contribution in [-0.4, -0.2) is 32.2 Å². The second kappa shape index (κ2) is 8.47. The summed E-state index contributed by atoms with van der Waals surface area (Å²) in [6.45, 7) is 18.6. The van der Waals surface area contributed by atoms with Crippen molar-refractivity contribution in [3.63, 3.8) is 0 Å². The molecule has 0 amide bonds. The van der Waals surface area contributed by atoms with Gasteiger partial charge in [0.2, 0.25) is 0 Å². The van der Waals surface area contributed by atoms with E-state index < -0.39 is 26.1 Å². The zero-order valence-electron chi connectivity index (χ0n) is 19.4. The first-order valence-corrected chi connectivity index (χ1v) is 12.8. The zero-order valence-corrected chi connectivity index (χ0v) is 20.4. The Balaban J connectivity index is 2.27. The van der Waals surface area contributed by atoms with Crippen molar-refractivity contribution < 1.29 is 13.7 Å². The summed E-state index contributed by atoms with van der Waals surface area (Å²) in [6.07, 6.45) is -0.101. The molecule has 3 rings (SSSR count). The van der Waals surface area contributed by atoms with E-state index in [1.165, 1.54) is 0 Å². The Kier molecular flexibility index (Phi) is 6.49. The van der Waals surface area contributed by atoms with Crippen molar-refractivity contribution in [3.05, 3.63) is 72.8 Å². The predicted octanol–water partition coefficient (Wildman–Crippen LogP) is 4.53. The molecular weight excluding hydrogens is 387 g/mol. The maximum absolute atomic E-state index is 7.19. The lowest BCUT2D eigenvalue weighted by Crippen LogP contribution is -2.73. The normalized spacial score (nSPS) is 19.1. The van der Waals surface area contributed by atoms with Crippen LogP contribution in [0.1, 0.15) is 48.5 Å². The first kappa shape index (κ1) is 23.0. The SMILES string of the molecule is C=C(C)C(O[Si](B1OC(C)(C)C(C)(C)O1)(c1ccccc1)c1ccccc1)C(C)C. The van der Waals surface area contributed by atoms with Crippen LogP contribution in [0.15, 0.2) is 72.8 Å². The molecule has 0 bridgehead atoms. The van der Waals surface area contributed by atoms with Gasteiger partial charge < -0.3 is 13.7 Å². The molecule has 0 saturated carbocycles. The summed E-state index contributed by atoms with van der Waals surface area (Å²) in [5, 5.41) is 2.28. The monoisotopic (exact) mass is 422 g/mol. The summed E-state index contributed by atoms with van der Waals surface area (Å²) in [5.74, 6) is 0.282. The average Bonchev–Trinajstić information content (AvgIpc) is 2.91. The minimum atomic E-state index is -2.99. The number of hydrogen-bond acceptors (Lipinski definition) is 3. The van der Waals surface area contributed by atoms with Gasteiger partial charge in [-0.25, -0.2) is 0 Å². The van der Waals surface area contributed by atoms with E-state index >= 15 is 0 Å². The van der Waals surface area contributed by atoms with Gasteiger partial charge in [-0.2, -0.15) is 0 Å². The van der Waals surface area contributed by atoms with Crippen molar-refractivity contribution >= 4 is 25.3 Å². The first-order chi connectivity index (χ1) is 14.0. The van der Waals surface area contributed by atoms with Crippen LogP contribution in [0.4, 0.5) is 0 Å². The molecule has 5 heteroatoms. The lowest BCUT2D eigenvalue weighted by molar-refractivity contribution is 0.00578. The molecule has 1 heterocycles. The van der Waals surface area contributed by atoms with Crippen molar-refractivity contribution in [1.29, 1.82) is 0 Å². The molecule has 2 aromatic rings. The third kappa shape index (κ3) is 4.09. The second-order valence-electron chi connectivity index (χ2n) is 9.68. The van der Waals surface area contributed by atoms with E-state index in [2.05, 4.69) is 96.7 Å². The molecule has 0 aromatic heterocycles. The molecule has 0 aliphatic carbocycles. The standard InChI is InChI=1S/C25H35BO3Si/c1-19(2)23(20(3)4)27-30(21-15-11-9-12-16-21,22-17-13-10-14-18-22)26-28-24(5,6)25(7,8)29-26/h9-18,20,23H,1H2,2-8H3. The van der Waals surface area contributed by atoms with Gasteiger partial charge in [-0.1, -0.05) is 86.7 Å². The van der Waals surface area contributed by atoms with Gasteiger partial charge in [-0.15, -0.1) is 0 Å². The molecule has 160 valence electrons. The molecule has 2 aromatic carbocycles. The van der Waals surface area contributed by atoms with Crippen molar-refractivity contribution in [2.75, 3.05) is 0 Å². The summed E-state index contributed by atoms with van der Waals surface area (Å²) in [7, 11) is -2.99. The fourth-order valence-corrected chi connectivity index (χ4v) is 8.45. The van der Waals surface area contributed by atoms with E-state index in [1.807, 2.05) is 19.1 Å². The topological polar surface area (TPSA) is 27.7 Å². The van der Waals surface area contributed by atoms with Gasteiger partial charge in [0.05, 0.1) is 17.3 Å². The minimum absolute atomic E-state index is 0.101. The average molecular weight is 422 g/mol. The molecule has 0 radical (unpaired) electrons. The van der Waals surface area contributed by atoms with E-state index in [0.717, 1.165) is 15.9 Å². The van der Waals surface area contributed by atoms with E-state index in [-0.39, 0.29) is 12.0 Å². The molecule has 1 unspecified atom stereocenters. The van der Waals surface area contributed by atoms with Gasteiger partial charge in [0.25, 0.3) is 8.19 Å². The third-order valence-electron chi connectivity index (χ3n) is 6.39. The molecule has 1 aliphatic heterocycles. The van der Waals surface area contributed by atoms with Crippen LogP contribution >= 0.6 is 0 Å². The minimum Gasteiger partial charge on any atom is -0.404 e. The van der Waals surface area contributed by atoms with Crippen LogP contribution in [0.2, 0.25) is 0 Å². The van der Waals surface area contributed by atoms with E-state index in [1.54, 1.807) is 0 Å². The Labute approximate surface area is 183 Å². The smallest absolute Gasteiger partial charge is 0.404 e. The molecule has 30 heavy (non-hydrogen) atoms. The highest BCUT2D eigenvalue weighted by Gasteiger charge is 2.64. The predicted molar refractivity (Wildman–Crippen MR) is 129 cm³/mol. The van der Waals surface area contributed by atoms with Crippen LogP contribution in [0, 0.1) is 5.92 Å². The summed E-state index contributed by atoms with van der Waals surface area (Å²) >= 11 is 0. The summed E-state index contributed by atoms with van der Waals surface area (Å²) in [6, 6.07) is 21.0. The van der Waals surface area contributed by atoms with Crippen molar-refractivity contribution in [2.24, 2.45) is 5.92 Å². The van der Waals surface area contributed by atoms with Crippen LogP contribution in [0.5, 0.6) is 0 Å². The number of benzene rings is 2. The first-order valence-electron chi connectivity index (χ1n) is 10.8. The summed E-state index contributed by atoms with van der Waals surface area (Å²) < 4.78 is 20.6. The van der Waals surface area contributed by atoms with E-state index in [4.69, 9.17) is 13.7 Å². The molecule has 0 spiro atoms. The Morgan fingerprint density at radius 3 is 1.60 bits per heavy atom. The molecule has 1 aliphatic rings.